The Morgan fingerprint density at radius 3 is 2.57 bits per heavy atom. The van der Waals surface area contributed by atoms with Crippen LogP contribution in [0.5, 0.6) is 28.9 Å². The third-order valence-electron chi connectivity index (χ3n) is 6.77. The van der Waals surface area contributed by atoms with Gasteiger partial charge in [-0.2, -0.15) is 0 Å². The van der Waals surface area contributed by atoms with Crippen LogP contribution in [0.1, 0.15) is 40.6 Å². The van der Waals surface area contributed by atoms with E-state index >= 15 is 4.39 Å². The number of ether oxygens (including phenoxy) is 3. The second-order valence-corrected chi connectivity index (χ2v) is 9.54. The van der Waals surface area contributed by atoms with Crippen LogP contribution >= 0.6 is 12.4 Å². The van der Waals surface area contributed by atoms with Crippen LogP contribution in [0, 0.1) is 12.7 Å². The molecule has 0 bridgehead atoms. The molecule has 0 unspecified atom stereocenters. The van der Waals surface area contributed by atoms with Crippen LogP contribution in [-0.4, -0.2) is 40.2 Å². The van der Waals surface area contributed by atoms with E-state index in [4.69, 9.17) is 18.6 Å². The molecule has 12 heteroatoms. The Balaban J connectivity index is 0.00000353. The molecule has 5 aromatic rings. The number of benzene rings is 1. The molecule has 0 saturated heterocycles. The van der Waals surface area contributed by atoms with Crippen molar-refractivity contribution in [1.82, 2.24) is 15.0 Å². The van der Waals surface area contributed by atoms with Crippen LogP contribution in [0.2, 0.25) is 0 Å². The van der Waals surface area contributed by atoms with E-state index < -0.39 is 11.7 Å². The number of nitrogens with one attached hydrogen (secondary N) is 1. The number of nitrogens with zero attached hydrogens (tertiary/aromatic N) is 3. The Labute approximate surface area is 245 Å². The highest BCUT2D eigenvalue weighted by atomic mass is 35.5. The average molecular weight is 593 g/mol. The van der Waals surface area contributed by atoms with Gasteiger partial charge < -0.3 is 29.1 Å². The summed E-state index contributed by atoms with van der Waals surface area (Å²) < 4.78 is 37.4. The fourth-order valence-electron chi connectivity index (χ4n) is 4.49. The summed E-state index contributed by atoms with van der Waals surface area (Å²) in [7, 11) is 2.94. The molecule has 4 aromatic heterocycles. The Bertz CT molecular complexity index is 1810. The van der Waals surface area contributed by atoms with Gasteiger partial charge in [0.05, 0.1) is 31.0 Å². The minimum Gasteiger partial charge on any atom is -0.506 e. The van der Waals surface area contributed by atoms with E-state index in [1.54, 1.807) is 25.1 Å². The number of rotatable bonds is 8. The number of fused-ring (bicyclic) bond motifs is 1. The van der Waals surface area contributed by atoms with Crippen molar-refractivity contribution in [3.63, 3.8) is 0 Å². The van der Waals surface area contributed by atoms with Gasteiger partial charge in [-0.1, -0.05) is 0 Å². The predicted octanol–water partition coefficient (Wildman–Crippen LogP) is 6.80. The monoisotopic (exact) mass is 592 g/mol. The summed E-state index contributed by atoms with van der Waals surface area (Å²) in [5, 5.41) is 13.6. The van der Waals surface area contributed by atoms with Gasteiger partial charge in [-0.25, -0.2) is 9.37 Å². The van der Waals surface area contributed by atoms with E-state index in [0.29, 0.717) is 39.7 Å². The Morgan fingerprint density at radius 2 is 1.86 bits per heavy atom. The number of anilines is 1. The number of aryl methyl sites for hydroxylation is 1. The molecule has 0 radical (unpaired) electrons. The van der Waals surface area contributed by atoms with Crippen LogP contribution in [0.4, 0.5) is 10.1 Å². The summed E-state index contributed by atoms with van der Waals surface area (Å²) in [6.07, 6.45) is 4.91. The molecule has 6 rings (SSSR count). The molecule has 0 aliphatic heterocycles. The zero-order valence-electron chi connectivity index (χ0n) is 22.8. The molecular formula is C30H26ClFN4O6. The number of hydrogen-bond donors (Lipinski definition) is 2. The molecule has 1 aliphatic carbocycles. The Kier molecular flexibility index (Phi) is 7.86. The van der Waals surface area contributed by atoms with Gasteiger partial charge >= 0.3 is 0 Å². The lowest BCUT2D eigenvalue weighted by molar-refractivity contribution is 0.102. The molecule has 216 valence electrons. The summed E-state index contributed by atoms with van der Waals surface area (Å²) in [5.41, 5.74) is 1.74. The van der Waals surface area contributed by atoms with Gasteiger partial charge in [0.2, 0.25) is 0 Å². The first-order chi connectivity index (χ1) is 19.9. The van der Waals surface area contributed by atoms with Crippen molar-refractivity contribution in [1.29, 1.82) is 0 Å². The molecular weight excluding hydrogens is 567 g/mol. The van der Waals surface area contributed by atoms with E-state index in [1.165, 1.54) is 38.7 Å². The van der Waals surface area contributed by atoms with Gasteiger partial charge in [0, 0.05) is 42.2 Å². The number of methoxy groups -OCH3 is 2. The number of carbonyl (C=O) groups excluding carboxylic acids is 1. The minimum atomic E-state index is -0.733. The SMILES string of the molecule is COc1cc2nccc(Oc3ccc(NC(=O)c4cnc(C)c(-c5ccc(C6CC6)o5)c4O)cc3F)c2nc1OC.Cl. The summed E-state index contributed by atoms with van der Waals surface area (Å²) in [5.74, 6) is 0.784. The maximum atomic E-state index is 15.1. The number of furan rings is 1. The highest BCUT2D eigenvalue weighted by Crippen LogP contribution is 2.44. The number of halogens is 2. The van der Waals surface area contributed by atoms with Crippen LogP contribution in [0.3, 0.4) is 0 Å². The number of aromatic nitrogens is 3. The number of aromatic hydroxyl groups is 1. The van der Waals surface area contributed by atoms with Gasteiger partial charge in [-0.05, 0) is 44.0 Å². The van der Waals surface area contributed by atoms with Gasteiger partial charge in [0.1, 0.15) is 28.4 Å². The van der Waals surface area contributed by atoms with Gasteiger partial charge in [0.15, 0.2) is 23.1 Å². The van der Waals surface area contributed by atoms with E-state index in [1.807, 2.05) is 6.07 Å². The van der Waals surface area contributed by atoms with Gasteiger partial charge in [-0.3, -0.25) is 14.8 Å². The first-order valence-corrected chi connectivity index (χ1v) is 12.8. The largest absolute Gasteiger partial charge is 0.506 e. The van der Waals surface area contributed by atoms with Gasteiger partial charge in [0.25, 0.3) is 11.8 Å². The van der Waals surface area contributed by atoms with Crippen LogP contribution in [0.25, 0.3) is 22.4 Å². The first-order valence-electron chi connectivity index (χ1n) is 12.8. The molecule has 1 fully saturated rings. The maximum Gasteiger partial charge on any atom is 0.261 e. The lowest BCUT2D eigenvalue weighted by Crippen LogP contribution is -2.13. The van der Waals surface area contributed by atoms with Gasteiger partial charge in [-0.15, -0.1) is 12.4 Å². The van der Waals surface area contributed by atoms with Crippen molar-refractivity contribution in [2.24, 2.45) is 0 Å². The van der Waals surface area contributed by atoms with E-state index in [2.05, 4.69) is 20.3 Å². The van der Waals surface area contributed by atoms with E-state index in [0.717, 1.165) is 24.7 Å². The molecule has 4 heterocycles. The second-order valence-electron chi connectivity index (χ2n) is 9.54. The van der Waals surface area contributed by atoms with Crippen molar-refractivity contribution in [3.8, 4) is 40.2 Å². The number of amides is 1. The fourth-order valence-corrected chi connectivity index (χ4v) is 4.49. The lowest BCUT2D eigenvalue weighted by atomic mass is 10.1. The smallest absolute Gasteiger partial charge is 0.261 e. The van der Waals surface area contributed by atoms with Crippen molar-refractivity contribution >= 4 is 35.0 Å². The minimum absolute atomic E-state index is 0. The molecule has 2 N–H and O–H groups in total. The zero-order chi connectivity index (χ0) is 28.7. The maximum absolute atomic E-state index is 15.1. The normalized spacial score (nSPS) is 12.5. The highest BCUT2D eigenvalue weighted by Gasteiger charge is 2.28. The number of pyridine rings is 3. The van der Waals surface area contributed by atoms with E-state index in [9.17, 15) is 9.90 Å². The van der Waals surface area contributed by atoms with Crippen LogP contribution in [-0.2, 0) is 0 Å². The van der Waals surface area contributed by atoms with Crippen molar-refractivity contribution in [2.45, 2.75) is 25.7 Å². The molecule has 10 nitrogen and oxygen atoms in total. The quantitative estimate of drug-likeness (QED) is 0.200. The molecule has 42 heavy (non-hydrogen) atoms. The third kappa shape index (κ3) is 5.38. The first kappa shape index (κ1) is 28.6. The number of hydrogen-bond acceptors (Lipinski definition) is 9. The second kappa shape index (κ2) is 11.5. The summed E-state index contributed by atoms with van der Waals surface area (Å²) in [6.45, 7) is 1.72. The fraction of sp³-hybridized carbons (Fsp3) is 0.200. The van der Waals surface area contributed by atoms with Crippen LogP contribution in [0.15, 0.2) is 59.3 Å². The third-order valence-corrected chi connectivity index (χ3v) is 6.77. The Morgan fingerprint density at radius 1 is 1.05 bits per heavy atom. The summed E-state index contributed by atoms with van der Waals surface area (Å²) in [6, 6.07) is 10.8. The predicted molar refractivity (Wildman–Crippen MR) is 155 cm³/mol. The average Bonchev–Trinajstić information content (AvgIpc) is 3.71. The summed E-state index contributed by atoms with van der Waals surface area (Å²) >= 11 is 0. The molecule has 0 spiro atoms. The highest BCUT2D eigenvalue weighted by molar-refractivity contribution is 6.07. The topological polar surface area (TPSA) is 129 Å². The zero-order valence-corrected chi connectivity index (χ0v) is 23.6. The lowest BCUT2D eigenvalue weighted by Gasteiger charge is -2.13. The van der Waals surface area contributed by atoms with Crippen LogP contribution < -0.4 is 19.5 Å². The van der Waals surface area contributed by atoms with E-state index in [-0.39, 0.29) is 46.8 Å². The van der Waals surface area contributed by atoms with Crippen molar-refractivity contribution < 1.29 is 32.9 Å². The molecule has 1 amide bonds. The number of carbonyl (C=O) groups is 1. The Hall–Kier alpha value is -4.90. The molecule has 0 atom stereocenters. The molecule has 1 aromatic carbocycles. The standard InChI is InChI=1S/C30H25FN4O6.ClH/c1-15-26(23-9-8-21(40-23)16-4-5-16)28(36)18(14-33-15)29(37)34-17-6-7-22(19(31)12-17)41-24-10-11-32-20-13-25(38-2)30(39-3)35-27(20)24;/h6-14,16H,4-5H2,1-3H3,(H,33,36)(H,34,37);1H. The molecule has 1 aliphatic rings. The van der Waals surface area contributed by atoms with Crippen molar-refractivity contribution in [2.75, 3.05) is 19.5 Å². The summed E-state index contributed by atoms with van der Waals surface area (Å²) in [4.78, 5) is 26.0. The van der Waals surface area contributed by atoms with Crippen molar-refractivity contribution in [3.05, 3.63) is 77.7 Å². The molecule has 1 saturated carbocycles.